The highest BCUT2D eigenvalue weighted by molar-refractivity contribution is 7.10. The van der Waals surface area contributed by atoms with Gasteiger partial charge in [0.2, 0.25) is 0 Å². The molecule has 144 valence electrons. The fourth-order valence-corrected chi connectivity index (χ4v) is 4.10. The van der Waals surface area contributed by atoms with Gasteiger partial charge >= 0.3 is 5.97 Å². The van der Waals surface area contributed by atoms with Crippen LogP contribution in [0.4, 0.5) is 13.2 Å². The number of carbonyl (C=O) groups is 2. The second kappa shape index (κ2) is 7.22. The smallest absolute Gasteiger partial charge is 0.307 e. The fourth-order valence-electron chi connectivity index (χ4n) is 3.37. The first kappa shape index (κ1) is 19.2. The number of carboxylic acids is 1. The van der Waals surface area contributed by atoms with Crippen LogP contribution >= 0.6 is 11.3 Å². The van der Waals surface area contributed by atoms with E-state index in [9.17, 15) is 27.9 Å². The van der Waals surface area contributed by atoms with Crippen molar-refractivity contribution in [3.8, 4) is 0 Å². The molecule has 1 aliphatic heterocycles. The van der Waals surface area contributed by atoms with Crippen molar-refractivity contribution >= 4 is 23.2 Å². The van der Waals surface area contributed by atoms with Crippen molar-refractivity contribution in [1.29, 1.82) is 0 Å². The molecule has 1 aromatic rings. The highest BCUT2D eigenvalue weighted by Crippen LogP contribution is 2.43. The van der Waals surface area contributed by atoms with Crippen molar-refractivity contribution < 1.29 is 32.6 Å². The number of thiophene rings is 1. The van der Waals surface area contributed by atoms with E-state index in [2.05, 4.69) is 0 Å². The topological polar surface area (TPSA) is 66.8 Å². The molecule has 1 N–H and O–H groups in total. The Hall–Kier alpha value is -2.55. The molecule has 3 rings (SSSR count). The third-order valence-electron chi connectivity index (χ3n) is 4.59. The monoisotopic (exact) mass is 399 g/mol. The number of carbonyl (C=O) groups excluding carboxylic acids is 1. The molecule has 2 heterocycles. The summed E-state index contributed by atoms with van der Waals surface area (Å²) in [5, 5.41) is 10.5. The SMILES string of the molecule is COC1=C(F)CC2C(=C1)C(CC(=O)O)=C(C)N2C(=O)c1csc(C(F)F)c1. The Morgan fingerprint density at radius 2 is 2.15 bits per heavy atom. The zero-order valence-electron chi connectivity index (χ0n) is 14.5. The third kappa shape index (κ3) is 3.39. The molecule has 0 radical (unpaired) electrons. The molecule has 0 bridgehead atoms. The first-order chi connectivity index (χ1) is 12.7. The van der Waals surface area contributed by atoms with E-state index in [1.54, 1.807) is 6.92 Å². The van der Waals surface area contributed by atoms with Gasteiger partial charge in [0.25, 0.3) is 12.3 Å². The maximum absolute atomic E-state index is 14.3. The maximum atomic E-state index is 14.3. The van der Waals surface area contributed by atoms with Crippen LogP contribution in [-0.2, 0) is 9.53 Å². The van der Waals surface area contributed by atoms with Crippen molar-refractivity contribution in [1.82, 2.24) is 4.90 Å². The number of hydrogen-bond donors (Lipinski definition) is 1. The lowest BCUT2D eigenvalue weighted by Crippen LogP contribution is -2.37. The van der Waals surface area contributed by atoms with Crippen LogP contribution in [0.25, 0.3) is 0 Å². The van der Waals surface area contributed by atoms with Crippen LogP contribution in [0.3, 0.4) is 0 Å². The molecule has 0 spiro atoms. The number of hydrogen-bond acceptors (Lipinski definition) is 4. The zero-order valence-corrected chi connectivity index (χ0v) is 15.3. The molecular formula is C18H16F3NO4S. The first-order valence-corrected chi connectivity index (χ1v) is 8.88. The Bertz CT molecular complexity index is 900. The van der Waals surface area contributed by atoms with Gasteiger partial charge in [0.15, 0.2) is 5.76 Å². The van der Waals surface area contributed by atoms with Crippen molar-refractivity contribution in [2.75, 3.05) is 7.11 Å². The van der Waals surface area contributed by atoms with E-state index in [0.29, 0.717) is 16.8 Å². The summed E-state index contributed by atoms with van der Waals surface area (Å²) in [4.78, 5) is 25.2. The number of methoxy groups -OCH3 is 1. The van der Waals surface area contributed by atoms with E-state index < -0.39 is 30.2 Å². The molecule has 0 saturated carbocycles. The summed E-state index contributed by atoms with van der Waals surface area (Å²) in [6, 6.07) is 0.375. The third-order valence-corrected chi connectivity index (χ3v) is 5.53. The molecule has 1 unspecified atom stereocenters. The molecule has 1 aliphatic carbocycles. The summed E-state index contributed by atoms with van der Waals surface area (Å²) in [6.07, 6.45) is -1.81. The largest absolute Gasteiger partial charge is 0.494 e. The van der Waals surface area contributed by atoms with Gasteiger partial charge in [-0.2, -0.15) is 0 Å². The minimum absolute atomic E-state index is 0.0123. The molecule has 0 saturated heterocycles. The second-order valence-corrected chi connectivity index (χ2v) is 7.08. The molecule has 1 aromatic heterocycles. The lowest BCUT2D eigenvalue weighted by Gasteiger charge is -2.29. The predicted molar refractivity (Wildman–Crippen MR) is 92.0 cm³/mol. The number of rotatable bonds is 5. The Labute approximate surface area is 157 Å². The van der Waals surface area contributed by atoms with Gasteiger partial charge in [-0.25, -0.2) is 13.2 Å². The maximum Gasteiger partial charge on any atom is 0.307 e. The average molecular weight is 399 g/mol. The minimum Gasteiger partial charge on any atom is -0.494 e. The highest BCUT2D eigenvalue weighted by atomic mass is 32.1. The standard InChI is InChI=1S/C18H16F3NO4S/c1-8-10(5-16(23)24)11-4-14(26-2)12(19)6-13(11)22(8)18(25)9-3-15(17(20)21)27-7-9/h3-4,7,13,17H,5-6H2,1-2H3,(H,23,24). The summed E-state index contributed by atoms with van der Waals surface area (Å²) in [7, 11) is 1.30. The number of aliphatic carboxylic acids is 1. The predicted octanol–water partition coefficient (Wildman–Crippen LogP) is 4.42. The molecule has 9 heteroatoms. The number of fused-ring (bicyclic) bond motifs is 1. The molecule has 1 atom stereocenters. The Morgan fingerprint density at radius 1 is 1.44 bits per heavy atom. The minimum atomic E-state index is -2.69. The fraction of sp³-hybridized carbons (Fsp3) is 0.333. The van der Waals surface area contributed by atoms with Crippen LogP contribution in [0.1, 0.15) is 41.4 Å². The van der Waals surface area contributed by atoms with Crippen LogP contribution in [0.2, 0.25) is 0 Å². The number of ether oxygens (including phenoxy) is 1. The molecule has 0 aromatic carbocycles. The molecular weight excluding hydrogens is 383 g/mol. The number of alkyl halides is 2. The second-order valence-electron chi connectivity index (χ2n) is 6.14. The van der Waals surface area contributed by atoms with Crippen LogP contribution < -0.4 is 0 Å². The summed E-state index contributed by atoms with van der Waals surface area (Å²) >= 11 is 0.766. The van der Waals surface area contributed by atoms with Crippen LogP contribution in [0.5, 0.6) is 0 Å². The van der Waals surface area contributed by atoms with Gasteiger partial charge in [-0.05, 0) is 30.2 Å². The Morgan fingerprint density at radius 3 is 2.70 bits per heavy atom. The molecule has 27 heavy (non-hydrogen) atoms. The summed E-state index contributed by atoms with van der Waals surface area (Å²) in [6.45, 7) is 1.57. The van der Waals surface area contributed by atoms with Gasteiger partial charge in [0.05, 0.1) is 30.0 Å². The van der Waals surface area contributed by atoms with Crippen molar-refractivity contribution in [2.24, 2.45) is 0 Å². The molecule has 5 nitrogen and oxygen atoms in total. The van der Waals surface area contributed by atoms with E-state index in [4.69, 9.17) is 4.74 Å². The van der Waals surface area contributed by atoms with Crippen LogP contribution in [0, 0.1) is 0 Å². The van der Waals surface area contributed by atoms with Gasteiger partial charge in [0, 0.05) is 17.5 Å². The number of amides is 1. The Balaban J connectivity index is 2.03. The van der Waals surface area contributed by atoms with Gasteiger partial charge in [0.1, 0.15) is 5.83 Å². The summed E-state index contributed by atoms with van der Waals surface area (Å²) in [5.74, 6) is -2.24. The average Bonchev–Trinajstić information content (AvgIpc) is 3.18. The number of nitrogens with zero attached hydrogens (tertiary/aromatic N) is 1. The quantitative estimate of drug-likeness (QED) is 0.796. The highest BCUT2D eigenvalue weighted by Gasteiger charge is 2.42. The molecule has 0 fully saturated rings. The lowest BCUT2D eigenvalue weighted by molar-refractivity contribution is -0.136. The Kier molecular flexibility index (Phi) is 5.14. The van der Waals surface area contributed by atoms with Crippen LogP contribution in [0.15, 0.2) is 46.0 Å². The van der Waals surface area contributed by atoms with E-state index in [0.717, 1.165) is 17.4 Å². The number of carboxylic acid groups (broad SMARTS) is 1. The van der Waals surface area contributed by atoms with Crippen molar-refractivity contribution in [3.63, 3.8) is 0 Å². The summed E-state index contributed by atoms with van der Waals surface area (Å²) in [5.41, 5.74) is 1.32. The first-order valence-electron chi connectivity index (χ1n) is 8.00. The van der Waals surface area contributed by atoms with E-state index in [1.165, 1.54) is 23.5 Å². The van der Waals surface area contributed by atoms with E-state index in [1.807, 2.05) is 0 Å². The van der Waals surface area contributed by atoms with Crippen molar-refractivity contribution in [3.05, 3.63) is 56.4 Å². The summed E-state index contributed by atoms with van der Waals surface area (Å²) < 4.78 is 45.0. The lowest BCUT2D eigenvalue weighted by atomic mass is 9.92. The number of halogens is 3. The van der Waals surface area contributed by atoms with E-state index in [-0.39, 0.29) is 29.0 Å². The number of allylic oxidation sites excluding steroid dienone is 2. The van der Waals surface area contributed by atoms with Crippen molar-refractivity contribution in [2.45, 2.75) is 32.2 Å². The molecule has 2 aliphatic rings. The molecule has 1 amide bonds. The van der Waals surface area contributed by atoms with Gasteiger partial charge in [-0.15, -0.1) is 11.3 Å². The van der Waals surface area contributed by atoms with Gasteiger partial charge in [-0.1, -0.05) is 0 Å². The zero-order chi connectivity index (χ0) is 19.9. The van der Waals surface area contributed by atoms with Gasteiger partial charge < -0.3 is 14.7 Å². The van der Waals surface area contributed by atoms with Gasteiger partial charge in [-0.3, -0.25) is 9.59 Å². The van der Waals surface area contributed by atoms with E-state index >= 15 is 0 Å². The van der Waals surface area contributed by atoms with Crippen LogP contribution in [-0.4, -0.2) is 35.0 Å². The normalized spacial score (nSPS) is 19.6.